The summed E-state index contributed by atoms with van der Waals surface area (Å²) in [6, 6.07) is 9.76. The third kappa shape index (κ3) is 4.42. The molecule has 29 heavy (non-hydrogen) atoms. The van der Waals surface area contributed by atoms with Gasteiger partial charge in [-0.3, -0.25) is 19.3 Å². The lowest BCUT2D eigenvalue weighted by molar-refractivity contribution is -0.129. The van der Waals surface area contributed by atoms with E-state index in [9.17, 15) is 14.4 Å². The van der Waals surface area contributed by atoms with Crippen LogP contribution in [0.1, 0.15) is 34.6 Å². The normalized spacial score (nSPS) is 13.4. The third-order valence-electron chi connectivity index (χ3n) is 4.25. The quantitative estimate of drug-likeness (QED) is 0.463. The van der Waals surface area contributed by atoms with Crippen molar-refractivity contribution < 1.29 is 28.6 Å². The van der Waals surface area contributed by atoms with E-state index in [4.69, 9.17) is 14.2 Å². The maximum absolute atomic E-state index is 13.0. The molecule has 8 heteroatoms. The lowest BCUT2D eigenvalue weighted by Crippen LogP contribution is -2.41. The number of Topliss-reactive ketones (excluding diaryl/α,β-unsaturated/α-hetero) is 1. The summed E-state index contributed by atoms with van der Waals surface area (Å²) in [5.74, 6) is -0.396. The smallest absolute Gasteiger partial charge is 0.267 e. The predicted molar refractivity (Wildman–Crippen MR) is 109 cm³/mol. The minimum atomic E-state index is -0.581. The van der Waals surface area contributed by atoms with Gasteiger partial charge in [-0.25, -0.2) is 0 Å². The molecule has 2 aromatic rings. The van der Waals surface area contributed by atoms with E-state index in [1.807, 2.05) is 6.92 Å². The van der Waals surface area contributed by atoms with Gasteiger partial charge in [0.1, 0.15) is 17.2 Å². The molecule has 1 heterocycles. The number of amides is 2. The van der Waals surface area contributed by atoms with Gasteiger partial charge in [0.2, 0.25) is 0 Å². The monoisotopic (exact) mass is 461 g/mol. The van der Waals surface area contributed by atoms with E-state index in [0.717, 1.165) is 4.90 Å². The highest BCUT2D eigenvalue weighted by molar-refractivity contribution is 9.10. The van der Waals surface area contributed by atoms with Crippen molar-refractivity contribution in [2.24, 2.45) is 0 Å². The van der Waals surface area contributed by atoms with Crippen molar-refractivity contribution in [1.82, 2.24) is 4.90 Å². The third-order valence-corrected chi connectivity index (χ3v) is 4.87. The van der Waals surface area contributed by atoms with Crippen molar-refractivity contribution in [2.75, 3.05) is 26.4 Å². The zero-order valence-electron chi connectivity index (χ0n) is 16.1. The maximum Gasteiger partial charge on any atom is 0.267 e. The lowest BCUT2D eigenvalue weighted by Gasteiger charge is -2.19. The number of carbonyl (C=O) groups is 3. The predicted octanol–water partition coefficient (Wildman–Crippen LogP) is 3.49. The van der Waals surface area contributed by atoms with E-state index < -0.39 is 24.1 Å². The molecule has 0 unspecified atom stereocenters. The summed E-state index contributed by atoms with van der Waals surface area (Å²) in [6.07, 6.45) is 0. The molecule has 0 bridgehead atoms. The van der Waals surface area contributed by atoms with Crippen LogP contribution in [0.5, 0.6) is 17.2 Å². The fourth-order valence-corrected chi connectivity index (χ4v) is 3.39. The molecule has 3 rings (SSSR count). The van der Waals surface area contributed by atoms with E-state index in [1.54, 1.807) is 43.3 Å². The molecule has 0 fully saturated rings. The molecular formula is C21H20BrNO6. The molecule has 1 aliphatic rings. The molecule has 0 saturated heterocycles. The van der Waals surface area contributed by atoms with E-state index in [1.165, 1.54) is 0 Å². The van der Waals surface area contributed by atoms with Gasteiger partial charge in [0.05, 0.1) is 35.4 Å². The van der Waals surface area contributed by atoms with Gasteiger partial charge in [0.25, 0.3) is 11.8 Å². The van der Waals surface area contributed by atoms with E-state index in [-0.39, 0.29) is 17.7 Å². The largest absolute Gasteiger partial charge is 0.493 e. The van der Waals surface area contributed by atoms with E-state index >= 15 is 0 Å². The van der Waals surface area contributed by atoms with Crippen LogP contribution in [0.2, 0.25) is 0 Å². The summed E-state index contributed by atoms with van der Waals surface area (Å²) >= 11 is 3.38. The van der Waals surface area contributed by atoms with Crippen molar-refractivity contribution in [3.63, 3.8) is 0 Å². The molecule has 0 radical (unpaired) electrons. The molecule has 7 nitrogen and oxygen atoms in total. The summed E-state index contributed by atoms with van der Waals surface area (Å²) < 4.78 is 17.1. The van der Waals surface area contributed by atoms with E-state index in [0.29, 0.717) is 34.9 Å². The first-order chi connectivity index (χ1) is 14.0. The molecule has 0 saturated carbocycles. The van der Waals surface area contributed by atoms with Crippen LogP contribution in [-0.2, 0) is 4.79 Å². The van der Waals surface area contributed by atoms with Gasteiger partial charge in [-0.05, 0) is 48.0 Å². The first-order valence-corrected chi connectivity index (χ1v) is 9.94. The number of carbonyl (C=O) groups excluding carboxylic acids is 3. The number of ketones is 1. The van der Waals surface area contributed by atoms with Gasteiger partial charge in [0, 0.05) is 6.07 Å². The Labute approximate surface area is 176 Å². The number of ether oxygens (including phenoxy) is 3. The van der Waals surface area contributed by atoms with Crippen LogP contribution in [0.25, 0.3) is 0 Å². The van der Waals surface area contributed by atoms with Crippen molar-refractivity contribution in [1.29, 1.82) is 0 Å². The van der Waals surface area contributed by atoms with E-state index in [2.05, 4.69) is 15.9 Å². The van der Waals surface area contributed by atoms with Crippen LogP contribution < -0.4 is 14.2 Å². The molecule has 0 spiro atoms. The Bertz CT molecular complexity index is 958. The molecule has 2 amide bonds. The standard InChI is InChI=1S/C21H20BrNO6/c1-3-27-18-10-19(28-4-2)15(22)9-14(18)16(24)11-23-20(25)12-29-17-8-6-5-7-13(17)21(23)26/h5-10H,3-4,11-12H2,1-2H3. The number of hydrogen-bond donors (Lipinski definition) is 0. The van der Waals surface area contributed by atoms with Gasteiger partial charge < -0.3 is 14.2 Å². The zero-order valence-corrected chi connectivity index (χ0v) is 17.7. The maximum atomic E-state index is 13.0. The SMILES string of the molecule is CCOc1cc(OCC)c(C(=O)CN2C(=O)COc3ccccc3C2=O)cc1Br. The molecule has 0 atom stereocenters. The summed E-state index contributed by atoms with van der Waals surface area (Å²) in [7, 11) is 0. The van der Waals surface area contributed by atoms with Gasteiger partial charge in [0.15, 0.2) is 12.4 Å². The van der Waals surface area contributed by atoms with Crippen LogP contribution in [0.3, 0.4) is 0 Å². The number of hydrogen-bond acceptors (Lipinski definition) is 6. The first kappa shape index (κ1) is 20.9. The van der Waals surface area contributed by atoms with Gasteiger partial charge in [-0.15, -0.1) is 0 Å². The fourth-order valence-electron chi connectivity index (χ4n) is 2.93. The Morgan fingerprint density at radius 2 is 1.79 bits per heavy atom. The molecular weight excluding hydrogens is 442 g/mol. The molecule has 0 aliphatic carbocycles. The average Bonchev–Trinajstić information content (AvgIpc) is 2.83. The number of para-hydroxylation sites is 1. The molecule has 1 aliphatic heterocycles. The minimum absolute atomic E-state index is 0.240. The zero-order chi connectivity index (χ0) is 21.0. The van der Waals surface area contributed by atoms with Crippen LogP contribution in [-0.4, -0.2) is 48.9 Å². The Kier molecular flexibility index (Phi) is 6.53. The highest BCUT2D eigenvalue weighted by atomic mass is 79.9. The second-order valence-corrected chi connectivity index (χ2v) is 6.99. The number of imide groups is 1. The number of rotatable bonds is 7. The first-order valence-electron chi connectivity index (χ1n) is 9.15. The van der Waals surface area contributed by atoms with Crippen LogP contribution in [0.4, 0.5) is 0 Å². The average molecular weight is 462 g/mol. The van der Waals surface area contributed by atoms with Gasteiger partial charge in [-0.2, -0.15) is 0 Å². The topological polar surface area (TPSA) is 82.1 Å². The fraction of sp³-hybridized carbons (Fsp3) is 0.286. The van der Waals surface area contributed by atoms with Gasteiger partial charge in [-0.1, -0.05) is 12.1 Å². The second kappa shape index (κ2) is 9.09. The Morgan fingerprint density at radius 3 is 2.52 bits per heavy atom. The van der Waals surface area contributed by atoms with Crippen LogP contribution in [0, 0.1) is 0 Å². The Hall–Kier alpha value is -2.87. The summed E-state index contributed by atoms with van der Waals surface area (Å²) in [4.78, 5) is 39.2. The summed E-state index contributed by atoms with van der Waals surface area (Å²) in [5.41, 5.74) is 0.491. The molecule has 2 aromatic carbocycles. The van der Waals surface area contributed by atoms with Crippen molar-refractivity contribution in [3.05, 3.63) is 52.0 Å². The summed E-state index contributed by atoms with van der Waals surface area (Å²) in [5, 5.41) is 0. The lowest BCUT2D eigenvalue weighted by atomic mass is 10.1. The van der Waals surface area contributed by atoms with Crippen LogP contribution in [0.15, 0.2) is 40.9 Å². The summed E-state index contributed by atoms with van der Waals surface area (Å²) in [6.45, 7) is 3.70. The highest BCUT2D eigenvalue weighted by Crippen LogP contribution is 2.34. The number of halogens is 1. The Morgan fingerprint density at radius 1 is 1.10 bits per heavy atom. The van der Waals surface area contributed by atoms with Crippen molar-refractivity contribution >= 4 is 33.5 Å². The van der Waals surface area contributed by atoms with Crippen molar-refractivity contribution in [3.8, 4) is 17.2 Å². The molecule has 0 aromatic heterocycles. The minimum Gasteiger partial charge on any atom is -0.493 e. The number of fused-ring (bicyclic) bond motifs is 1. The highest BCUT2D eigenvalue weighted by Gasteiger charge is 2.32. The molecule has 152 valence electrons. The molecule has 0 N–H and O–H groups in total. The Balaban J connectivity index is 1.92. The van der Waals surface area contributed by atoms with Gasteiger partial charge >= 0.3 is 0 Å². The van der Waals surface area contributed by atoms with Crippen molar-refractivity contribution in [2.45, 2.75) is 13.8 Å². The number of nitrogens with zero attached hydrogens (tertiary/aromatic N) is 1. The second-order valence-electron chi connectivity index (χ2n) is 6.14. The van der Waals surface area contributed by atoms with Crippen LogP contribution >= 0.6 is 15.9 Å². The number of benzene rings is 2.